The van der Waals surface area contributed by atoms with Crippen LogP contribution in [0.1, 0.15) is 25.2 Å². The number of rotatable bonds is 9. The number of ether oxygens (including phenoxy) is 1. The molecule has 164 valence electrons. The van der Waals surface area contributed by atoms with Gasteiger partial charge >= 0.3 is 7.60 Å². The predicted molar refractivity (Wildman–Crippen MR) is 116 cm³/mol. The first-order valence-electron chi connectivity index (χ1n) is 10.2. The van der Waals surface area contributed by atoms with Gasteiger partial charge in [0.1, 0.15) is 11.6 Å². The first-order valence-corrected chi connectivity index (χ1v) is 11.8. The zero-order valence-corrected chi connectivity index (χ0v) is 18.6. The van der Waals surface area contributed by atoms with Crippen molar-refractivity contribution in [3.05, 3.63) is 48.2 Å². The normalized spacial score (nSPS) is 16.4. The Morgan fingerprint density at radius 1 is 1.10 bits per heavy atom. The van der Waals surface area contributed by atoms with Crippen molar-refractivity contribution in [1.82, 2.24) is 9.88 Å². The predicted octanol–water partition coefficient (Wildman–Crippen LogP) is 3.88. The average Bonchev–Trinajstić information content (AvgIpc) is 2.76. The lowest BCUT2D eigenvalue weighted by atomic mass is 10.1. The Morgan fingerprint density at radius 3 is 2.37 bits per heavy atom. The van der Waals surface area contributed by atoms with E-state index in [0.717, 1.165) is 24.5 Å². The van der Waals surface area contributed by atoms with Gasteiger partial charge < -0.3 is 23.8 Å². The number of pyridine rings is 1. The molecule has 0 amide bonds. The Morgan fingerprint density at radius 2 is 1.80 bits per heavy atom. The van der Waals surface area contributed by atoms with Crippen LogP contribution in [0.2, 0.25) is 0 Å². The molecule has 9 heteroatoms. The fraction of sp³-hybridized carbons (Fsp3) is 0.476. The van der Waals surface area contributed by atoms with E-state index in [1.807, 2.05) is 18.2 Å². The number of methoxy groups -OCH3 is 1. The van der Waals surface area contributed by atoms with Crippen LogP contribution in [0, 0.1) is 0 Å². The molecule has 1 fully saturated rings. The third kappa shape index (κ3) is 4.95. The molecule has 1 unspecified atom stereocenters. The molecule has 1 aliphatic rings. The topological polar surface area (TPSA) is 84.4 Å². The minimum absolute atomic E-state index is 0.0302. The quantitative estimate of drug-likeness (QED) is 0.594. The third-order valence-electron chi connectivity index (χ3n) is 5.05. The summed E-state index contributed by atoms with van der Waals surface area (Å²) in [4.78, 5) is 8.76. The van der Waals surface area contributed by atoms with Crippen LogP contribution in [0.5, 0.6) is 11.5 Å². The number of hydrogen-bond acceptors (Lipinski definition) is 8. The SMILES string of the molecule is CCOP(=O)(OCC)C(c1ccc(O)c(OC)c1)N1CCN(c2ccccn2)CC1. The van der Waals surface area contributed by atoms with E-state index in [1.54, 1.807) is 38.2 Å². The molecule has 1 aromatic heterocycles. The molecule has 2 heterocycles. The molecule has 1 N–H and O–H groups in total. The zero-order valence-electron chi connectivity index (χ0n) is 17.7. The Balaban J connectivity index is 1.91. The summed E-state index contributed by atoms with van der Waals surface area (Å²) < 4.78 is 30.5. The second-order valence-corrected chi connectivity index (χ2v) is 8.98. The highest BCUT2D eigenvalue weighted by Gasteiger charge is 2.42. The van der Waals surface area contributed by atoms with Gasteiger partial charge in [0.15, 0.2) is 11.5 Å². The van der Waals surface area contributed by atoms with E-state index in [2.05, 4.69) is 14.8 Å². The lowest BCUT2D eigenvalue weighted by Crippen LogP contribution is -2.48. The maximum atomic E-state index is 13.8. The largest absolute Gasteiger partial charge is 0.504 e. The number of anilines is 1. The molecule has 0 aliphatic carbocycles. The third-order valence-corrected chi connectivity index (χ3v) is 7.51. The van der Waals surface area contributed by atoms with Gasteiger partial charge in [-0.2, -0.15) is 0 Å². The summed E-state index contributed by atoms with van der Waals surface area (Å²) in [7, 11) is -2.01. The van der Waals surface area contributed by atoms with Gasteiger partial charge in [-0.25, -0.2) is 4.98 Å². The van der Waals surface area contributed by atoms with Crippen molar-refractivity contribution in [3.63, 3.8) is 0 Å². The van der Waals surface area contributed by atoms with Crippen LogP contribution in [0.15, 0.2) is 42.6 Å². The second-order valence-electron chi connectivity index (χ2n) is 6.89. The van der Waals surface area contributed by atoms with Gasteiger partial charge in [-0.05, 0) is 43.7 Å². The highest BCUT2D eigenvalue weighted by molar-refractivity contribution is 7.54. The Hall–Kier alpha value is -2.12. The molecule has 0 spiro atoms. The fourth-order valence-electron chi connectivity index (χ4n) is 3.72. The molecule has 8 nitrogen and oxygen atoms in total. The first-order chi connectivity index (χ1) is 14.5. The maximum absolute atomic E-state index is 13.8. The summed E-state index contributed by atoms with van der Waals surface area (Å²) >= 11 is 0. The summed E-state index contributed by atoms with van der Waals surface area (Å²) in [5.41, 5.74) is 0.723. The molecule has 0 bridgehead atoms. The maximum Gasteiger partial charge on any atom is 0.352 e. The van der Waals surface area contributed by atoms with Crippen molar-refractivity contribution >= 4 is 13.4 Å². The van der Waals surface area contributed by atoms with Crippen molar-refractivity contribution in [1.29, 1.82) is 0 Å². The van der Waals surface area contributed by atoms with E-state index in [1.165, 1.54) is 7.11 Å². The van der Waals surface area contributed by atoms with Crippen molar-refractivity contribution < 1.29 is 23.5 Å². The van der Waals surface area contributed by atoms with E-state index in [4.69, 9.17) is 13.8 Å². The van der Waals surface area contributed by atoms with Crippen LogP contribution in [0.3, 0.4) is 0 Å². The Kier molecular flexibility index (Phi) is 7.72. The van der Waals surface area contributed by atoms with Gasteiger partial charge in [0.25, 0.3) is 0 Å². The lowest BCUT2D eigenvalue weighted by molar-refractivity contribution is 0.157. The summed E-state index contributed by atoms with van der Waals surface area (Å²) in [6, 6.07) is 10.9. The van der Waals surface area contributed by atoms with Crippen molar-refractivity contribution in [3.8, 4) is 11.5 Å². The number of nitrogens with zero attached hydrogens (tertiary/aromatic N) is 3. The highest BCUT2D eigenvalue weighted by atomic mass is 31.2. The molecular formula is C21H30N3O5P. The monoisotopic (exact) mass is 435 g/mol. The van der Waals surface area contributed by atoms with Crippen LogP contribution in [-0.4, -0.2) is 61.5 Å². The minimum atomic E-state index is -3.50. The summed E-state index contributed by atoms with van der Waals surface area (Å²) in [6.45, 7) is 6.96. The highest BCUT2D eigenvalue weighted by Crippen LogP contribution is 2.62. The lowest BCUT2D eigenvalue weighted by Gasteiger charge is -2.41. The standard InChI is InChI=1S/C21H30N3O5P/c1-4-28-30(26,29-5-2)21(17-9-10-18(25)19(16-17)27-3)24-14-12-23(13-15-24)20-8-6-7-11-22-20/h6-11,16,21,25H,4-5,12-15H2,1-3H3. The minimum Gasteiger partial charge on any atom is -0.504 e. The van der Waals surface area contributed by atoms with E-state index in [-0.39, 0.29) is 19.0 Å². The molecule has 1 aliphatic heterocycles. The number of aromatic hydroxyl groups is 1. The molecule has 3 rings (SSSR count). The van der Waals surface area contributed by atoms with Crippen molar-refractivity contribution in [2.45, 2.75) is 19.6 Å². The number of piperazine rings is 1. The second kappa shape index (κ2) is 10.3. The fourth-order valence-corrected chi connectivity index (χ4v) is 5.96. The van der Waals surface area contributed by atoms with Gasteiger partial charge in [0.05, 0.1) is 20.3 Å². The molecule has 1 atom stereocenters. The molecule has 2 aromatic rings. The van der Waals surface area contributed by atoms with Gasteiger partial charge in [-0.3, -0.25) is 9.46 Å². The smallest absolute Gasteiger partial charge is 0.352 e. The number of phenolic OH excluding ortho intramolecular Hbond substituents is 1. The molecule has 0 saturated carbocycles. The van der Waals surface area contributed by atoms with Gasteiger partial charge in [-0.1, -0.05) is 12.1 Å². The van der Waals surface area contributed by atoms with E-state index < -0.39 is 13.4 Å². The van der Waals surface area contributed by atoms with Crippen LogP contribution >= 0.6 is 7.60 Å². The average molecular weight is 435 g/mol. The molecule has 30 heavy (non-hydrogen) atoms. The summed E-state index contributed by atoms with van der Waals surface area (Å²) in [6.07, 6.45) is 1.78. The zero-order chi connectivity index (χ0) is 21.6. The van der Waals surface area contributed by atoms with E-state index >= 15 is 0 Å². The Labute approximate surface area is 177 Å². The first kappa shape index (κ1) is 22.6. The Bertz CT molecular complexity index is 849. The van der Waals surface area contributed by atoms with Crippen molar-refractivity contribution in [2.24, 2.45) is 0 Å². The summed E-state index contributed by atoms with van der Waals surface area (Å²) in [5.74, 6) is 0.683. The van der Waals surface area contributed by atoms with Gasteiger partial charge in [0, 0.05) is 32.4 Å². The molecule has 1 saturated heterocycles. The number of aromatic nitrogens is 1. The van der Waals surface area contributed by atoms with Crippen LogP contribution in [0.25, 0.3) is 0 Å². The van der Waals surface area contributed by atoms with Gasteiger partial charge in [-0.15, -0.1) is 0 Å². The molecule has 1 aromatic carbocycles. The van der Waals surface area contributed by atoms with E-state index in [9.17, 15) is 9.67 Å². The molecular weight excluding hydrogens is 405 g/mol. The number of hydrogen-bond donors (Lipinski definition) is 1. The molecule has 0 radical (unpaired) electrons. The van der Waals surface area contributed by atoms with Crippen LogP contribution in [-0.2, 0) is 13.6 Å². The van der Waals surface area contributed by atoms with Crippen molar-refractivity contribution in [2.75, 3.05) is 51.4 Å². The van der Waals surface area contributed by atoms with Crippen LogP contribution in [0.4, 0.5) is 5.82 Å². The summed E-state index contributed by atoms with van der Waals surface area (Å²) in [5, 5.41) is 10.0. The van der Waals surface area contributed by atoms with E-state index in [0.29, 0.717) is 18.8 Å². The number of phenols is 1. The van der Waals surface area contributed by atoms with Crippen LogP contribution < -0.4 is 9.64 Å². The number of benzene rings is 1. The van der Waals surface area contributed by atoms with Gasteiger partial charge in [0.2, 0.25) is 0 Å².